The zero-order valence-corrected chi connectivity index (χ0v) is 15.1. The zero-order chi connectivity index (χ0) is 16.2. The Bertz CT molecular complexity index is 614. The van der Waals surface area contributed by atoms with Crippen LogP contribution in [0, 0.1) is 0 Å². The number of sulfonamides is 1. The molecule has 1 unspecified atom stereocenters. The normalized spacial score (nSPS) is 19.5. The van der Waals surface area contributed by atoms with Crippen LogP contribution in [-0.4, -0.2) is 41.8 Å². The number of benzene rings is 1. The fraction of sp³-hybridized carbons (Fsp3) is 0.571. The van der Waals surface area contributed by atoms with Gasteiger partial charge in [0.15, 0.2) is 11.5 Å². The van der Waals surface area contributed by atoms with Crippen molar-refractivity contribution in [1.29, 1.82) is 0 Å². The molecule has 1 atom stereocenters. The van der Waals surface area contributed by atoms with Crippen molar-refractivity contribution in [1.82, 2.24) is 10.0 Å². The minimum atomic E-state index is -3.64. The minimum absolute atomic E-state index is 0.104. The van der Waals surface area contributed by atoms with Crippen LogP contribution in [0.25, 0.3) is 0 Å². The van der Waals surface area contributed by atoms with E-state index in [9.17, 15) is 8.42 Å². The summed E-state index contributed by atoms with van der Waals surface area (Å²) < 4.78 is 38.8. The molecular formula is C14H21BrN2O4S. The van der Waals surface area contributed by atoms with Gasteiger partial charge in [-0.1, -0.05) is 6.42 Å². The highest BCUT2D eigenvalue weighted by molar-refractivity contribution is 9.10. The van der Waals surface area contributed by atoms with Crippen LogP contribution in [-0.2, 0) is 10.0 Å². The van der Waals surface area contributed by atoms with Crippen molar-refractivity contribution >= 4 is 26.0 Å². The lowest BCUT2D eigenvalue weighted by atomic mass is 10.2. The van der Waals surface area contributed by atoms with E-state index in [2.05, 4.69) is 26.0 Å². The first-order valence-electron chi connectivity index (χ1n) is 7.12. The maximum atomic E-state index is 12.6. The maximum absolute atomic E-state index is 12.6. The second-order valence-corrected chi connectivity index (χ2v) is 7.69. The van der Waals surface area contributed by atoms with Crippen molar-refractivity contribution in [3.63, 3.8) is 0 Å². The average Bonchev–Trinajstić information content (AvgIpc) is 2.74. The molecule has 1 aliphatic rings. The lowest BCUT2D eigenvalue weighted by Crippen LogP contribution is -2.40. The Morgan fingerprint density at radius 1 is 1.23 bits per heavy atom. The van der Waals surface area contributed by atoms with Gasteiger partial charge >= 0.3 is 0 Å². The number of hydrogen-bond acceptors (Lipinski definition) is 5. The van der Waals surface area contributed by atoms with Gasteiger partial charge in [0.25, 0.3) is 0 Å². The van der Waals surface area contributed by atoms with Gasteiger partial charge in [0.05, 0.1) is 14.2 Å². The van der Waals surface area contributed by atoms with E-state index in [0.29, 0.717) is 22.5 Å². The molecule has 1 aliphatic heterocycles. The van der Waals surface area contributed by atoms with Crippen LogP contribution < -0.4 is 19.5 Å². The van der Waals surface area contributed by atoms with Crippen LogP contribution in [0.5, 0.6) is 11.5 Å². The summed E-state index contributed by atoms with van der Waals surface area (Å²) in [5, 5.41) is 3.24. The van der Waals surface area contributed by atoms with Gasteiger partial charge in [-0.2, -0.15) is 0 Å². The van der Waals surface area contributed by atoms with Crippen molar-refractivity contribution in [2.24, 2.45) is 0 Å². The van der Waals surface area contributed by atoms with E-state index in [0.717, 1.165) is 25.8 Å². The highest BCUT2D eigenvalue weighted by Gasteiger charge is 2.25. The van der Waals surface area contributed by atoms with Gasteiger partial charge < -0.3 is 14.8 Å². The van der Waals surface area contributed by atoms with E-state index in [-0.39, 0.29) is 10.9 Å². The Hall–Kier alpha value is -0.830. The summed E-state index contributed by atoms with van der Waals surface area (Å²) >= 11 is 3.30. The van der Waals surface area contributed by atoms with E-state index in [1.165, 1.54) is 20.3 Å². The van der Waals surface area contributed by atoms with Gasteiger partial charge in [-0.25, -0.2) is 13.1 Å². The van der Waals surface area contributed by atoms with E-state index in [4.69, 9.17) is 9.47 Å². The van der Waals surface area contributed by atoms with Crippen LogP contribution in [0.3, 0.4) is 0 Å². The molecular weight excluding hydrogens is 372 g/mol. The van der Waals surface area contributed by atoms with E-state index < -0.39 is 10.0 Å². The van der Waals surface area contributed by atoms with Crippen LogP contribution >= 0.6 is 15.9 Å². The highest BCUT2D eigenvalue weighted by Crippen LogP contribution is 2.35. The fourth-order valence-corrected chi connectivity index (χ4v) is 4.75. The average molecular weight is 393 g/mol. The summed E-state index contributed by atoms with van der Waals surface area (Å²) in [5.74, 6) is 0.856. The van der Waals surface area contributed by atoms with Crippen molar-refractivity contribution in [3.8, 4) is 11.5 Å². The molecule has 1 aromatic rings. The van der Waals surface area contributed by atoms with E-state index in [1.807, 2.05) is 0 Å². The monoisotopic (exact) mass is 392 g/mol. The van der Waals surface area contributed by atoms with E-state index in [1.54, 1.807) is 6.07 Å². The summed E-state index contributed by atoms with van der Waals surface area (Å²) in [4.78, 5) is 0.148. The molecule has 6 nitrogen and oxygen atoms in total. The second-order valence-electron chi connectivity index (χ2n) is 5.16. The van der Waals surface area contributed by atoms with Gasteiger partial charge in [-0.3, -0.25) is 0 Å². The number of nitrogens with one attached hydrogen (secondary N) is 2. The third-order valence-corrected chi connectivity index (χ3v) is 6.08. The smallest absolute Gasteiger partial charge is 0.242 e. The molecule has 1 heterocycles. The topological polar surface area (TPSA) is 76.7 Å². The summed E-state index contributed by atoms with van der Waals surface area (Å²) in [6, 6.07) is 2.96. The van der Waals surface area contributed by atoms with Gasteiger partial charge in [0, 0.05) is 23.1 Å². The van der Waals surface area contributed by atoms with Gasteiger partial charge in [-0.15, -0.1) is 0 Å². The lowest BCUT2D eigenvalue weighted by Gasteiger charge is -2.18. The molecule has 124 valence electrons. The van der Waals surface area contributed by atoms with Crippen molar-refractivity contribution in [3.05, 3.63) is 16.6 Å². The number of rotatable bonds is 5. The van der Waals surface area contributed by atoms with Crippen LogP contribution in [0.2, 0.25) is 0 Å². The molecule has 22 heavy (non-hydrogen) atoms. The molecule has 0 aromatic heterocycles. The summed E-state index contributed by atoms with van der Waals surface area (Å²) in [6.07, 6.45) is 2.91. The number of methoxy groups -OCH3 is 2. The first kappa shape index (κ1) is 17.5. The molecule has 0 radical (unpaired) electrons. The SMILES string of the molecule is COc1cc(Br)c(S(=O)(=O)NC2CCCCNC2)cc1OC. The predicted molar refractivity (Wildman–Crippen MR) is 88.1 cm³/mol. The van der Waals surface area contributed by atoms with E-state index >= 15 is 0 Å². The second kappa shape index (κ2) is 7.63. The Morgan fingerprint density at radius 2 is 1.91 bits per heavy atom. The minimum Gasteiger partial charge on any atom is -0.493 e. The molecule has 0 amide bonds. The third kappa shape index (κ3) is 4.13. The molecule has 1 saturated heterocycles. The maximum Gasteiger partial charge on any atom is 0.242 e. The fourth-order valence-electron chi connectivity index (χ4n) is 2.44. The van der Waals surface area contributed by atoms with Gasteiger partial charge in [0.1, 0.15) is 4.90 Å². The van der Waals surface area contributed by atoms with Crippen molar-refractivity contribution < 1.29 is 17.9 Å². The molecule has 1 fully saturated rings. The van der Waals surface area contributed by atoms with Crippen molar-refractivity contribution in [2.75, 3.05) is 27.3 Å². The Labute approximate surface area is 139 Å². The number of hydrogen-bond donors (Lipinski definition) is 2. The molecule has 0 saturated carbocycles. The molecule has 2 rings (SSSR count). The van der Waals surface area contributed by atoms with Crippen LogP contribution in [0.1, 0.15) is 19.3 Å². The molecule has 0 bridgehead atoms. The van der Waals surface area contributed by atoms with Crippen molar-refractivity contribution in [2.45, 2.75) is 30.2 Å². The molecule has 8 heteroatoms. The zero-order valence-electron chi connectivity index (χ0n) is 12.7. The third-order valence-electron chi connectivity index (χ3n) is 3.60. The summed E-state index contributed by atoms with van der Waals surface area (Å²) in [5.41, 5.74) is 0. The number of halogens is 1. The Balaban J connectivity index is 2.28. The number of ether oxygens (including phenoxy) is 2. The van der Waals surface area contributed by atoms with Crippen LogP contribution in [0.4, 0.5) is 0 Å². The first-order chi connectivity index (χ1) is 10.5. The standard InChI is InChI=1S/C14H21BrN2O4S/c1-20-12-7-11(15)14(8-13(12)21-2)22(18,19)17-10-5-3-4-6-16-9-10/h7-8,10,16-17H,3-6,9H2,1-2H3. The molecule has 2 N–H and O–H groups in total. The Kier molecular flexibility index (Phi) is 6.08. The lowest BCUT2D eigenvalue weighted by molar-refractivity contribution is 0.353. The first-order valence-corrected chi connectivity index (χ1v) is 9.40. The van der Waals surface area contributed by atoms with Gasteiger partial charge in [0.2, 0.25) is 10.0 Å². The molecule has 1 aromatic carbocycles. The van der Waals surface area contributed by atoms with Crippen LogP contribution in [0.15, 0.2) is 21.5 Å². The predicted octanol–water partition coefficient (Wildman–Crippen LogP) is 1.89. The molecule has 0 aliphatic carbocycles. The summed E-state index contributed by atoms with van der Waals surface area (Å²) in [6.45, 7) is 1.57. The Morgan fingerprint density at radius 3 is 2.59 bits per heavy atom. The quantitative estimate of drug-likeness (QED) is 0.799. The highest BCUT2D eigenvalue weighted by atomic mass is 79.9. The van der Waals surface area contributed by atoms with Gasteiger partial charge in [-0.05, 0) is 41.4 Å². The summed E-state index contributed by atoms with van der Waals surface area (Å²) in [7, 11) is -0.652. The largest absolute Gasteiger partial charge is 0.493 e. The molecule has 0 spiro atoms.